The number of carboxylic acids is 1. The van der Waals surface area contributed by atoms with E-state index < -0.39 is 5.97 Å². The molecule has 1 aliphatic heterocycles. The van der Waals surface area contributed by atoms with Crippen LogP contribution in [0.1, 0.15) is 43.9 Å². The summed E-state index contributed by atoms with van der Waals surface area (Å²) >= 11 is 0. The molecule has 3 heterocycles. The summed E-state index contributed by atoms with van der Waals surface area (Å²) in [7, 11) is 0. The van der Waals surface area contributed by atoms with Gasteiger partial charge in [-0.25, -0.2) is 4.39 Å². The second kappa shape index (κ2) is 10.7. The lowest BCUT2D eigenvalue weighted by Gasteiger charge is -2.25. The number of rotatable bonds is 6. The molecule has 0 bridgehead atoms. The van der Waals surface area contributed by atoms with Crippen molar-refractivity contribution in [1.82, 2.24) is 14.3 Å². The van der Waals surface area contributed by atoms with Gasteiger partial charge in [0.25, 0.3) is 0 Å². The number of hydrogen-bond donors (Lipinski definition) is 3. The van der Waals surface area contributed by atoms with Gasteiger partial charge < -0.3 is 25.6 Å². The van der Waals surface area contributed by atoms with E-state index in [1.165, 1.54) is 23.0 Å². The number of hydrogen-bond acceptors (Lipinski definition) is 5. The lowest BCUT2D eigenvalue weighted by molar-refractivity contribution is -0.137. The third-order valence-corrected chi connectivity index (χ3v) is 6.28. The summed E-state index contributed by atoms with van der Waals surface area (Å²) in [4.78, 5) is 11.2. The third kappa shape index (κ3) is 4.74. The van der Waals surface area contributed by atoms with E-state index in [2.05, 4.69) is 9.67 Å². The number of nitrogens with zero attached hydrogens (tertiary/aromatic N) is 3. The largest absolute Gasteiger partial charge is 0.480 e. The number of benzene rings is 2. The smallest absolute Gasteiger partial charge is 0.325 e. The molecule has 4 aromatic rings. The Hall–Kier alpha value is -3.98. The topological polar surface area (TPSA) is 119 Å². The molecule has 0 spiro atoms. The van der Waals surface area contributed by atoms with Crippen LogP contribution in [0.3, 0.4) is 0 Å². The highest BCUT2D eigenvalue weighted by Crippen LogP contribution is 2.44. The van der Waals surface area contributed by atoms with E-state index in [-0.39, 0.29) is 18.3 Å². The van der Waals surface area contributed by atoms with E-state index in [4.69, 9.17) is 15.9 Å². The van der Waals surface area contributed by atoms with Crippen LogP contribution in [0.25, 0.3) is 27.7 Å². The molecule has 0 radical (unpaired) electrons. The van der Waals surface area contributed by atoms with E-state index in [1.807, 2.05) is 26.0 Å². The van der Waals surface area contributed by atoms with Gasteiger partial charge in [0.1, 0.15) is 12.4 Å². The first-order valence-corrected chi connectivity index (χ1v) is 12.0. The minimum atomic E-state index is -0.979. The predicted octanol–water partition coefficient (Wildman–Crippen LogP) is 5.22. The summed E-state index contributed by atoms with van der Waals surface area (Å²) in [5.74, 6) is -1.16. The number of anilines is 1. The number of fused-ring (bicyclic) bond motifs is 1. The van der Waals surface area contributed by atoms with Crippen molar-refractivity contribution in [2.75, 3.05) is 18.9 Å². The van der Waals surface area contributed by atoms with Gasteiger partial charge >= 0.3 is 5.97 Å². The van der Waals surface area contributed by atoms with Crippen LogP contribution < -0.4 is 5.73 Å². The standard InChI is InChI=1S/C25H24FN5O3.C2H6/c26-18-1-3-19(4-2-18)31-22-9-16(11-27)21(28)10-20(22)24(25(31)15-5-7-34-8-6-15)17-12-29-30(13-17)14-23(32)33;1-2/h1-4,9-13,15,27H,5-8,14,28H2,(H,32,33);1-2H3. The molecule has 0 unspecified atom stereocenters. The van der Waals surface area contributed by atoms with Crippen molar-refractivity contribution >= 4 is 28.8 Å². The molecule has 8 nitrogen and oxygen atoms in total. The van der Waals surface area contributed by atoms with Crippen molar-refractivity contribution < 1.29 is 19.0 Å². The van der Waals surface area contributed by atoms with Crippen LogP contribution in [-0.2, 0) is 16.1 Å². The zero-order valence-electron chi connectivity index (χ0n) is 20.4. The van der Waals surface area contributed by atoms with E-state index in [9.17, 15) is 14.3 Å². The first-order valence-electron chi connectivity index (χ1n) is 12.0. The minimum absolute atomic E-state index is 0.147. The molecule has 0 atom stereocenters. The van der Waals surface area contributed by atoms with Crippen molar-refractivity contribution in [3.8, 4) is 16.8 Å². The van der Waals surface area contributed by atoms with Gasteiger partial charge in [-0.3, -0.25) is 9.48 Å². The Morgan fingerprint density at radius 1 is 1.25 bits per heavy atom. The van der Waals surface area contributed by atoms with Gasteiger partial charge in [-0.05, 0) is 49.2 Å². The van der Waals surface area contributed by atoms with E-state index >= 15 is 0 Å². The summed E-state index contributed by atoms with van der Waals surface area (Å²) in [6, 6.07) is 10.0. The van der Waals surface area contributed by atoms with Crippen molar-refractivity contribution in [1.29, 1.82) is 5.41 Å². The van der Waals surface area contributed by atoms with Crippen LogP contribution in [0.2, 0.25) is 0 Å². The highest BCUT2D eigenvalue weighted by atomic mass is 19.1. The van der Waals surface area contributed by atoms with Crippen LogP contribution in [0.15, 0.2) is 48.8 Å². The molecule has 5 rings (SSSR count). The number of nitrogen functional groups attached to an aromatic ring is 1. The average Bonchev–Trinajstić information content (AvgIpc) is 3.47. The Bertz CT molecular complexity index is 1380. The fourth-order valence-corrected chi connectivity index (χ4v) is 4.76. The van der Waals surface area contributed by atoms with Gasteiger partial charge in [0.15, 0.2) is 0 Å². The molecule has 0 aliphatic carbocycles. The molecular weight excluding hydrogens is 461 g/mol. The number of carbonyl (C=O) groups is 1. The lowest BCUT2D eigenvalue weighted by Crippen LogP contribution is -2.17. The third-order valence-electron chi connectivity index (χ3n) is 6.28. The predicted molar refractivity (Wildman–Crippen MR) is 139 cm³/mol. The number of nitrogens with one attached hydrogen (secondary N) is 1. The quantitative estimate of drug-likeness (QED) is 0.252. The van der Waals surface area contributed by atoms with Crippen molar-refractivity contribution in [3.63, 3.8) is 0 Å². The monoisotopic (exact) mass is 491 g/mol. The maximum atomic E-state index is 13.8. The van der Waals surface area contributed by atoms with Crippen LogP contribution in [0, 0.1) is 11.2 Å². The maximum absolute atomic E-state index is 13.8. The Morgan fingerprint density at radius 2 is 1.94 bits per heavy atom. The fraction of sp³-hybridized carbons (Fsp3) is 0.296. The number of nitrogens with two attached hydrogens (primary N) is 1. The number of carboxylic acid groups (broad SMARTS) is 1. The fourth-order valence-electron chi connectivity index (χ4n) is 4.76. The summed E-state index contributed by atoms with van der Waals surface area (Å²) in [5, 5.41) is 22.1. The van der Waals surface area contributed by atoms with Crippen molar-refractivity contribution in [2.24, 2.45) is 0 Å². The Balaban J connectivity index is 0.00000148. The molecule has 4 N–H and O–H groups in total. The molecule has 1 saturated heterocycles. The van der Waals surface area contributed by atoms with Gasteiger partial charge in [0.2, 0.25) is 0 Å². The van der Waals surface area contributed by atoms with E-state index in [1.54, 1.807) is 24.5 Å². The SMILES string of the molecule is CC.N=Cc1cc2c(cc1N)c(-c1cnn(CC(=O)O)c1)c(C1CCOCC1)n2-c1ccc(F)cc1. The molecule has 2 aromatic heterocycles. The molecule has 9 heteroatoms. The van der Waals surface area contributed by atoms with Gasteiger partial charge in [0.05, 0.1) is 11.7 Å². The zero-order valence-corrected chi connectivity index (χ0v) is 20.4. The zero-order chi connectivity index (χ0) is 25.8. The van der Waals surface area contributed by atoms with E-state index in [0.717, 1.165) is 46.3 Å². The van der Waals surface area contributed by atoms with Gasteiger partial charge in [-0.1, -0.05) is 13.8 Å². The van der Waals surface area contributed by atoms with Crippen molar-refractivity contribution in [2.45, 2.75) is 39.2 Å². The normalized spacial score (nSPS) is 13.9. The number of halogens is 1. The Kier molecular flexibility index (Phi) is 7.49. The van der Waals surface area contributed by atoms with Crippen LogP contribution in [0.4, 0.5) is 10.1 Å². The molecule has 36 heavy (non-hydrogen) atoms. The Morgan fingerprint density at radius 3 is 2.58 bits per heavy atom. The van der Waals surface area contributed by atoms with Gasteiger partial charge in [-0.2, -0.15) is 5.10 Å². The van der Waals surface area contributed by atoms with Crippen LogP contribution in [0.5, 0.6) is 0 Å². The lowest BCUT2D eigenvalue weighted by atomic mass is 9.90. The molecule has 1 fully saturated rings. The molecule has 188 valence electrons. The van der Waals surface area contributed by atoms with Crippen molar-refractivity contribution in [3.05, 3.63) is 65.9 Å². The first-order chi connectivity index (χ1) is 17.5. The number of aromatic nitrogens is 3. The second-order valence-electron chi connectivity index (χ2n) is 8.42. The number of ether oxygens (including phenoxy) is 1. The Labute approximate surface area is 208 Å². The molecule has 0 saturated carbocycles. The summed E-state index contributed by atoms with van der Waals surface area (Å²) in [5.41, 5.74) is 11.7. The summed E-state index contributed by atoms with van der Waals surface area (Å²) in [6.45, 7) is 5.01. The molecule has 0 amide bonds. The second-order valence-corrected chi connectivity index (χ2v) is 8.42. The van der Waals surface area contributed by atoms with Gasteiger partial charge in [0, 0.05) is 70.7 Å². The summed E-state index contributed by atoms with van der Waals surface area (Å²) < 4.78 is 22.9. The highest BCUT2D eigenvalue weighted by Gasteiger charge is 2.29. The van der Waals surface area contributed by atoms with Crippen LogP contribution in [-0.4, -0.2) is 44.9 Å². The van der Waals surface area contributed by atoms with Crippen LogP contribution >= 0.6 is 0 Å². The highest BCUT2D eigenvalue weighted by molar-refractivity contribution is 6.04. The van der Waals surface area contributed by atoms with E-state index in [0.29, 0.717) is 24.5 Å². The number of aliphatic carboxylic acids is 1. The molecule has 1 aliphatic rings. The first kappa shape index (κ1) is 25.1. The minimum Gasteiger partial charge on any atom is -0.480 e. The maximum Gasteiger partial charge on any atom is 0.325 e. The van der Waals surface area contributed by atoms with Gasteiger partial charge in [-0.15, -0.1) is 0 Å². The molecular formula is C27H30FN5O3. The summed E-state index contributed by atoms with van der Waals surface area (Å²) in [6.07, 6.45) is 6.22. The average molecular weight is 492 g/mol. The molecule has 2 aromatic carbocycles.